The molecule has 12 heavy (non-hydrogen) atoms. The maximum absolute atomic E-state index is 6.66. The summed E-state index contributed by atoms with van der Waals surface area (Å²) in [5.74, 6) is 0. The fourth-order valence-electron chi connectivity index (χ4n) is 0.858. The molecule has 62 valence electrons. The maximum Gasteiger partial charge on any atom is 0.316 e. The molecule has 0 aliphatic heterocycles. The maximum atomic E-state index is 6.66. The summed E-state index contributed by atoms with van der Waals surface area (Å²) in [5, 5.41) is 0. The third kappa shape index (κ3) is 1.92. The number of rotatable bonds is 2. The highest BCUT2D eigenvalue weighted by Crippen LogP contribution is 2.06. The first-order valence-corrected chi connectivity index (χ1v) is 3.48. The fourth-order valence-corrected chi connectivity index (χ4v) is 0.858. The molecular weight excluding hydrogens is 154 g/mol. The number of hydrogen-bond acceptors (Lipinski definition) is 3. The third-order valence-corrected chi connectivity index (χ3v) is 1.31. The molecule has 4 nitrogen and oxygen atoms in total. The van der Waals surface area contributed by atoms with Crippen LogP contribution < -0.4 is 4.74 Å². The van der Waals surface area contributed by atoms with Crippen LogP contribution >= 0.6 is 0 Å². The largest absolute Gasteiger partial charge is 0.467 e. The summed E-state index contributed by atoms with van der Waals surface area (Å²) in [6, 6.07) is 2.11. The minimum absolute atomic E-state index is 0.278. The highest BCUT2D eigenvalue weighted by atomic mass is 16.5. The second-order valence-electron chi connectivity index (χ2n) is 2.30. The summed E-state index contributed by atoms with van der Waals surface area (Å²) in [4.78, 5) is 11.2. The van der Waals surface area contributed by atoms with Gasteiger partial charge in [0.05, 0.1) is 7.11 Å². The van der Waals surface area contributed by atoms with Crippen LogP contribution in [0.15, 0.2) is 6.07 Å². The second kappa shape index (κ2) is 3.67. The van der Waals surface area contributed by atoms with Crippen LogP contribution in [-0.4, -0.2) is 17.1 Å². The van der Waals surface area contributed by atoms with Gasteiger partial charge < -0.3 is 9.58 Å². The highest BCUT2D eigenvalue weighted by Gasteiger charge is 2.02. The van der Waals surface area contributed by atoms with E-state index in [0.717, 1.165) is 5.69 Å². The zero-order valence-corrected chi connectivity index (χ0v) is 7.03. The first kappa shape index (κ1) is 8.47. The van der Waals surface area contributed by atoms with Crippen molar-refractivity contribution in [2.45, 2.75) is 13.5 Å². The van der Waals surface area contributed by atoms with E-state index in [2.05, 4.69) is 14.8 Å². The van der Waals surface area contributed by atoms with E-state index in [1.165, 1.54) is 7.11 Å². The van der Waals surface area contributed by atoms with Crippen LogP contribution in [0.1, 0.15) is 11.4 Å². The lowest BCUT2D eigenvalue weighted by molar-refractivity contribution is 0.377. The van der Waals surface area contributed by atoms with Crippen LogP contribution in [0, 0.1) is 13.5 Å². The van der Waals surface area contributed by atoms with Crippen LogP contribution in [0.25, 0.3) is 4.85 Å². The molecule has 1 aromatic heterocycles. The van der Waals surface area contributed by atoms with Gasteiger partial charge in [-0.3, -0.25) is 0 Å². The van der Waals surface area contributed by atoms with Crippen LogP contribution in [0.3, 0.4) is 0 Å². The Hall–Kier alpha value is -1.63. The minimum Gasteiger partial charge on any atom is -0.467 e. The predicted octanol–water partition coefficient (Wildman–Crippen LogP) is 1.21. The molecule has 0 saturated heterocycles. The van der Waals surface area contributed by atoms with E-state index >= 15 is 0 Å². The van der Waals surface area contributed by atoms with Crippen molar-refractivity contribution in [3.63, 3.8) is 0 Å². The van der Waals surface area contributed by atoms with E-state index in [9.17, 15) is 0 Å². The summed E-state index contributed by atoms with van der Waals surface area (Å²) < 4.78 is 4.86. The van der Waals surface area contributed by atoms with E-state index in [4.69, 9.17) is 11.3 Å². The van der Waals surface area contributed by atoms with Gasteiger partial charge in [-0.25, -0.2) is 11.6 Å². The second-order valence-corrected chi connectivity index (χ2v) is 2.30. The quantitative estimate of drug-likeness (QED) is 0.615. The van der Waals surface area contributed by atoms with Crippen molar-refractivity contribution in [3.05, 3.63) is 28.9 Å². The van der Waals surface area contributed by atoms with Gasteiger partial charge in [-0.15, -0.1) is 0 Å². The molecule has 0 saturated carbocycles. The summed E-state index contributed by atoms with van der Waals surface area (Å²) >= 11 is 0. The van der Waals surface area contributed by atoms with E-state index in [0.29, 0.717) is 11.7 Å². The van der Waals surface area contributed by atoms with Gasteiger partial charge in [-0.05, 0) is 13.0 Å². The monoisotopic (exact) mass is 163 g/mol. The Labute approximate surface area is 71.0 Å². The Morgan fingerprint density at radius 3 is 2.92 bits per heavy atom. The van der Waals surface area contributed by atoms with Crippen molar-refractivity contribution in [2.24, 2.45) is 0 Å². The molecule has 0 spiro atoms. The van der Waals surface area contributed by atoms with Gasteiger partial charge >= 0.3 is 6.01 Å². The summed E-state index contributed by atoms with van der Waals surface area (Å²) in [6.45, 7) is 8.78. The summed E-state index contributed by atoms with van der Waals surface area (Å²) in [6.07, 6.45) is 0. The van der Waals surface area contributed by atoms with Crippen molar-refractivity contribution in [2.75, 3.05) is 7.11 Å². The number of nitrogens with zero attached hydrogens (tertiary/aromatic N) is 3. The van der Waals surface area contributed by atoms with Gasteiger partial charge in [0, 0.05) is 5.69 Å². The normalized spacial score (nSPS) is 9.08. The fraction of sp³-hybridized carbons (Fsp3) is 0.375. The molecule has 0 bridgehead atoms. The van der Waals surface area contributed by atoms with E-state index in [1.807, 2.05) is 6.92 Å². The highest BCUT2D eigenvalue weighted by molar-refractivity contribution is 5.13. The minimum atomic E-state index is 0.278. The molecule has 0 aromatic carbocycles. The lowest BCUT2D eigenvalue weighted by atomic mass is 10.3. The van der Waals surface area contributed by atoms with Crippen molar-refractivity contribution in [1.29, 1.82) is 0 Å². The molecule has 1 aromatic rings. The molecule has 0 N–H and O–H groups in total. The van der Waals surface area contributed by atoms with Gasteiger partial charge in [0.1, 0.15) is 5.69 Å². The lowest BCUT2D eigenvalue weighted by Crippen LogP contribution is -1.97. The Balaban J connectivity index is 2.99. The van der Waals surface area contributed by atoms with Crippen molar-refractivity contribution in [3.8, 4) is 6.01 Å². The van der Waals surface area contributed by atoms with E-state index < -0.39 is 0 Å². The molecule has 0 aliphatic rings. The van der Waals surface area contributed by atoms with Crippen molar-refractivity contribution in [1.82, 2.24) is 9.97 Å². The number of ether oxygens (including phenoxy) is 1. The molecule has 0 atom stereocenters. The molecule has 4 heteroatoms. The Bertz CT molecular complexity index is 317. The molecule has 0 radical (unpaired) electrons. The first-order chi connectivity index (χ1) is 5.76. The summed E-state index contributed by atoms with van der Waals surface area (Å²) in [7, 11) is 1.51. The van der Waals surface area contributed by atoms with E-state index in [-0.39, 0.29) is 6.54 Å². The topological polar surface area (TPSA) is 39.4 Å². The Morgan fingerprint density at radius 2 is 2.33 bits per heavy atom. The van der Waals surface area contributed by atoms with Crippen molar-refractivity contribution < 1.29 is 4.74 Å². The molecule has 0 fully saturated rings. The SMILES string of the molecule is [C-]#[N+]Cc1cc(C)nc(OC)n1. The Kier molecular flexibility index (Phi) is 2.59. The zero-order valence-electron chi connectivity index (χ0n) is 7.03. The molecule has 1 heterocycles. The predicted molar refractivity (Wildman–Crippen MR) is 43.6 cm³/mol. The molecule has 0 aliphatic carbocycles. The molecule has 0 unspecified atom stereocenters. The average Bonchev–Trinajstić information content (AvgIpc) is 2.04. The van der Waals surface area contributed by atoms with Crippen LogP contribution in [0.4, 0.5) is 0 Å². The van der Waals surface area contributed by atoms with Crippen LogP contribution in [0.5, 0.6) is 6.01 Å². The van der Waals surface area contributed by atoms with Crippen LogP contribution in [-0.2, 0) is 6.54 Å². The van der Waals surface area contributed by atoms with Crippen LogP contribution in [0.2, 0.25) is 0 Å². The molecule has 1 rings (SSSR count). The lowest BCUT2D eigenvalue weighted by Gasteiger charge is -1.99. The number of aromatic nitrogens is 2. The van der Waals surface area contributed by atoms with Crippen molar-refractivity contribution >= 4 is 0 Å². The standard InChI is InChI=1S/C8H9N3O/c1-6-4-7(5-9-2)11-8(10-6)12-3/h4H,5H2,1,3H3. The Morgan fingerprint density at radius 1 is 1.58 bits per heavy atom. The van der Waals surface area contributed by atoms with Gasteiger partial charge in [0.15, 0.2) is 0 Å². The summed E-state index contributed by atoms with van der Waals surface area (Å²) in [5.41, 5.74) is 1.52. The third-order valence-electron chi connectivity index (χ3n) is 1.31. The van der Waals surface area contributed by atoms with E-state index in [1.54, 1.807) is 6.07 Å². The molecule has 0 amide bonds. The van der Waals surface area contributed by atoms with Gasteiger partial charge in [-0.2, -0.15) is 4.98 Å². The average molecular weight is 163 g/mol. The van der Waals surface area contributed by atoms with Gasteiger partial charge in [-0.1, -0.05) is 0 Å². The zero-order chi connectivity index (χ0) is 8.97. The number of aryl methyl sites for hydroxylation is 1. The smallest absolute Gasteiger partial charge is 0.316 e. The first-order valence-electron chi connectivity index (χ1n) is 3.48. The van der Waals surface area contributed by atoms with Gasteiger partial charge in [0.25, 0.3) is 6.54 Å². The molecular formula is C8H9N3O. The number of hydrogen-bond donors (Lipinski definition) is 0. The number of methoxy groups -OCH3 is 1. The van der Waals surface area contributed by atoms with Gasteiger partial charge in [0.2, 0.25) is 0 Å².